The number of hydrogen-bond donors (Lipinski definition) is 1. The number of nitrogens with zero attached hydrogens (tertiary/aromatic N) is 2. The second-order valence-corrected chi connectivity index (χ2v) is 20.1. The molecule has 53 heavy (non-hydrogen) atoms. The predicted octanol–water partition coefficient (Wildman–Crippen LogP) is 11.4. The van der Waals surface area contributed by atoms with Gasteiger partial charge in [-0.05, 0) is 107 Å². The average molecular weight is 900 g/mol. The van der Waals surface area contributed by atoms with E-state index in [9.17, 15) is 9.90 Å². The molecular weight excluding hydrogens is 845 g/mol. The van der Waals surface area contributed by atoms with Crippen molar-refractivity contribution in [2.24, 2.45) is 17.8 Å². The molecule has 0 aliphatic carbocycles. The first-order valence-electron chi connectivity index (χ1n) is 19.4. The van der Waals surface area contributed by atoms with Gasteiger partial charge < -0.3 is 10.1 Å². The van der Waals surface area contributed by atoms with Gasteiger partial charge in [-0.1, -0.05) is 124 Å². The molecule has 0 fully saturated rings. The van der Waals surface area contributed by atoms with E-state index in [1.807, 2.05) is 33.9 Å². The Kier molecular flexibility index (Phi) is 12.5. The number of carbonyl (C=O) groups is 1. The average Bonchev–Trinajstić information content (AvgIpc) is 3.12. The van der Waals surface area contributed by atoms with Gasteiger partial charge in [-0.2, -0.15) is 0 Å². The van der Waals surface area contributed by atoms with E-state index in [1.165, 1.54) is 65.6 Å². The van der Waals surface area contributed by atoms with Crippen LogP contribution in [0.5, 0.6) is 0 Å². The summed E-state index contributed by atoms with van der Waals surface area (Å²) in [5, 5.41) is 21.4. The van der Waals surface area contributed by atoms with Crippen molar-refractivity contribution in [1.82, 2.24) is 9.97 Å². The number of carbonyl (C=O) groups excluding carboxylic acids is 1. The molecule has 0 bridgehead atoms. The summed E-state index contributed by atoms with van der Waals surface area (Å²) in [5.41, 5.74) is 7.16. The minimum Gasteiger partial charge on any atom is -0.512 e. The molecule has 1 aliphatic heterocycles. The van der Waals surface area contributed by atoms with Crippen LogP contribution >= 0.6 is 0 Å². The molecule has 0 spiro atoms. The van der Waals surface area contributed by atoms with Crippen molar-refractivity contribution in [3.63, 3.8) is 0 Å². The number of pyridine rings is 2. The number of fused-ring (bicyclic) bond motifs is 7. The van der Waals surface area contributed by atoms with Crippen molar-refractivity contribution in [1.29, 1.82) is 0 Å². The molecule has 7 rings (SSSR count). The molecule has 0 saturated heterocycles. The summed E-state index contributed by atoms with van der Waals surface area (Å²) >= 11 is 0. The second kappa shape index (κ2) is 16.3. The number of benzene rings is 4. The van der Waals surface area contributed by atoms with Gasteiger partial charge in [0.1, 0.15) is 0 Å². The van der Waals surface area contributed by atoms with Gasteiger partial charge in [-0.15, -0.1) is 12.1 Å². The predicted molar refractivity (Wildman–Crippen MR) is 225 cm³/mol. The van der Waals surface area contributed by atoms with E-state index in [2.05, 4.69) is 101 Å². The minimum atomic E-state index is -2.15. The van der Waals surface area contributed by atoms with E-state index >= 15 is 0 Å². The molecule has 1 radical (unpaired) electrons. The van der Waals surface area contributed by atoms with Crippen LogP contribution in [0.25, 0.3) is 54.5 Å². The van der Waals surface area contributed by atoms with Crippen LogP contribution in [0.2, 0.25) is 13.1 Å². The van der Waals surface area contributed by atoms with E-state index < -0.39 is 8.07 Å². The van der Waals surface area contributed by atoms with Crippen molar-refractivity contribution in [2.45, 2.75) is 101 Å². The molecule has 3 heterocycles. The first-order valence-corrected chi connectivity index (χ1v) is 22.4. The van der Waals surface area contributed by atoms with Gasteiger partial charge in [0.25, 0.3) is 0 Å². The van der Waals surface area contributed by atoms with Gasteiger partial charge in [0.15, 0.2) is 5.78 Å². The van der Waals surface area contributed by atoms with Gasteiger partial charge in [0.2, 0.25) is 0 Å². The smallest absolute Gasteiger partial charge is 0.162 e. The van der Waals surface area contributed by atoms with Crippen LogP contribution in [0.1, 0.15) is 83.9 Å². The fraction of sp³-hybridized carbons (Fsp3) is 0.383. The standard InChI is InChI=1S/C34H31N2Si.C13H24O2.Ir/c1-19(2)15-22-8-10-23-11-12-25-26-13-14-35-33-29-17-24-9-7-20(3)21(4)32(24)36-34(29)37(5,6)30(31(26)33)18-28(25)27(23)16-22;1-5-10(6-2)12(14)9-13(15)11(7-3)8-4;/h7-14,16,18-19H,15H2,1-6H3;9-11,14H,5-8H2,1-4H3;/q-1;;/b;12-9-;. The second-order valence-electron chi connectivity index (χ2n) is 15.8. The molecule has 1 N–H and O–H groups in total. The van der Waals surface area contributed by atoms with E-state index in [0.717, 1.165) is 54.3 Å². The summed E-state index contributed by atoms with van der Waals surface area (Å²) in [5.74, 6) is 1.18. The summed E-state index contributed by atoms with van der Waals surface area (Å²) < 4.78 is 0. The van der Waals surface area contributed by atoms with E-state index in [1.54, 1.807) is 0 Å². The maximum Gasteiger partial charge on any atom is 0.162 e. The van der Waals surface area contributed by atoms with Crippen LogP contribution in [0.4, 0.5) is 0 Å². The summed E-state index contributed by atoms with van der Waals surface area (Å²) in [7, 11) is -2.15. The Morgan fingerprint density at radius 2 is 1.53 bits per heavy atom. The molecule has 4 aromatic carbocycles. The number of ketones is 1. The fourth-order valence-corrected chi connectivity index (χ4v) is 11.0. The van der Waals surface area contributed by atoms with Crippen LogP contribution in [0.15, 0.2) is 72.6 Å². The van der Waals surface area contributed by atoms with Crippen LogP contribution in [0, 0.1) is 37.7 Å². The number of rotatable bonds is 9. The Morgan fingerprint density at radius 1 is 0.849 bits per heavy atom. The van der Waals surface area contributed by atoms with Gasteiger partial charge in [-0.3, -0.25) is 9.78 Å². The number of aliphatic hydroxyl groups is 1. The van der Waals surface area contributed by atoms with Gasteiger partial charge in [0.05, 0.1) is 13.8 Å². The molecule has 2 aromatic heterocycles. The first-order chi connectivity index (χ1) is 24.8. The van der Waals surface area contributed by atoms with Crippen LogP contribution in [-0.4, -0.2) is 28.9 Å². The number of allylic oxidation sites excluding steroid dienone is 2. The summed E-state index contributed by atoms with van der Waals surface area (Å²) in [6, 6.07) is 24.4. The molecule has 1 aliphatic rings. The zero-order chi connectivity index (χ0) is 37.5. The third-order valence-corrected chi connectivity index (χ3v) is 14.9. The number of aliphatic hydroxyl groups excluding tert-OH is 1. The molecule has 6 heteroatoms. The number of aromatic nitrogens is 2. The first kappa shape index (κ1) is 40.5. The Balaban J connectivity index is 0.000000290. The van der Waals surface area contributed by atoms with E-state index in [-0.39, 0.29) is 43.5 Å². The monoisotopic (exact) mass is 900 g/mol. The van der Waals surface area contributed by atoms with Gasteiger partial charge in [0, 0.05) is 49.9 Å². The Hall–Kier alpha value is -3.70. The maximum atomic E-state index is 11.7. The zero-order valence-corrected chi connectivity index (χ0v) is 36.6. The van der Waals surface area contributed by atoms with Gasteiger partial charge >= 0.3 is 0 Å². The SMILES string of the molecule is CCC(CC)C(=O)/C=C(\O)C(CC)CC.Cc1ccc2[c-]c3c(nc2c1C)[Si](C)(C)c1cc2c4cc(CC(C)C)ccc4ccc2c2ccnc-3c12.[Ir]. The number of hydrogen-bond acceptors (Lipinski definition) is 4. The Bertz CT molecular complexity index is 2350. The van der Waals surface area contributed by atoms with Gasteiger partial charge in [-0.25, -0.2) is 0 Å². The Labute approximate surface area is 330 Å². The minimum absolute atomic E-state index is 0. The largest absolute Gasteiger partial charge is 0.512 e. The van der Waals surface area contributed by atoms with Crippen molar-refractivity contribution >= 4 is 67.6 Å². The maximum absolute atomic E-state index is 11.7. The zero-order valence-electron chi connectivity index (χ0n) is 33.2. The molecule has 0 amide bonds. The van der Waals surface area contributed by atoms with Crippen molar-refractivity contribution in [3.8, 4) is 11.3 Å². The molecule has 6 aromatic rings. The number of aryl methyl sites for hydroxylation is 2. The molecular formula is C47H55IrN2O2Si-. The van der Waals surface area contributed by atoms with Crippen LogP contribution in [0.3, 0.4) is 0 Å². The van der Waals surface area contributed by atoms with E-state index in [4.69, 9.17) is 9.97 Å². The summed E-state index contributed by atoms with van der Waals surface area (Å²) in [4.78, 5) is 22.1. The normalized spacial score (nSPS) is 13.5. The molecule has 0 saturated carbocycles. The summed E-state index contributed by atoms with van der Waals surface area (Å²) in [6.45, 7) is 21.9. The third-order valence-electron chi connectivity index (χ3n) is 11.6. The van der Waals surface area contributed by atoms with Crippen molar-refractivity contribution < 1.29 is 30.0 Å². The van der Waals surface area contributed by atoms with Crippen LogP contribution in [-0.2, 0) is 31.3 Å². The quantitative estimate of drug-likeness (QED) is 0.0516. The third kappa shape index (κ3) is 7.52. The van der Waals surface area contributed by atoms with E-state index in [0.29, 0.717) is 5.92 Å². The van der Waals surface area contributed by atoms with Crippen molar-refractivity contribution in [3.05, 3.63) is 95.4 Å². The Morgan fingerprint density at radius 3 is 2.19 bits per heavy atom. The topological polar surface area (TPSA) is 63.1 Å². The van der Waals surface area contributed by atoms with Crippen molar-refractivity contribution in [2.75, 3.05) is 0 Å². The molecule has 0 atom stereocenters. The fourth-order valence-electron chi connectivity index (χ4n) is 8.17. The summed E-state index contributed by atoms with van der Waals surface area (Å²) in [6.07, 6.45) is 7.98. The molecule has 279 valence electrons. The van der Waals surface area contributed by atoms with Crippen LogP contribution < -0.4 is 10.5 Å². The molecule has 0 unspecified atom stereocenters. The molecule has 4 nitrogen and oxygen atoms in total.